The molecule has 0 amide bonds. The number of rotatable bonds is 6. The molecule has 114 valence electrons. The van der Waals surface area contributed by atoms with Gasteiger partial charge in [0.1, 0.15) is 17.8 Å². The van der Waals surface area contributed by atoms with Gasteiger partial charge in [-0.05, 0) is 24.6 Å². The summed E-state index contributed by atoms with van der Waals surface area (Å²) in [7, 11) is 1.39. The second-order valence-corrected chi connectivity index (χ2v) is 4.62. The molecule has 0 unspecified atom stereocenters. The van der Waals surface area contributed by atoms with Crippen molar-refractivity contribution in [2.45, 2.75) is 13.5 Å². The Morgan fingerprint density at radius 2 is 2.18 bits per heavy atom. The molecule has 7 heteroatoms. The summed E-state index contributed by atoms with van der Waals surface area (Å²) in [6.07, 6.45) is 1.22. The van der Waals surface area contributed by atoms with Crippen molar-refractivity contribution >= 4 is 0 Å². The Morgan fingerprint density at radius 3 is 2.82 bits per heavy atom. The molecule has 1 aromatic carbocycles. The molecule has 0 fully saturated rings. The molecule has 0 N–H and O–H groups in total. The Kier molecular flexibility index (Phi) is 4.98. The summed E-state index contributed by atoms with van der Waals surface area (Å²) >= 11 is 0. The molecule has 0 radical (unpaired) electrons. The summed E-state index contributed by atoms with van der Waals surface area (Å²) < 4.78 is 15.6. The van der Waals surface area contributed by atoms with Crippen LogP contribution < -0.4 is 14.9 Å². The summed E-state index contributed by atoms with van der Waals surface area (Å²) in [5.41, 5.74) is 0.757. The van der Waals surface area contributed by atoms with Gasteiger partial charge in [0.15, 0.2) is 6.54 Å². The molecule has 0 aliphatic heterocycles. The molecule has 0 bridgehead atoms. The van der Waals surface area contributed by atoms with Gasteiger partial charge >= 0.3 is 5.08 Å². The van der Waals surface area contributed by atoms with E-state index in [0.717, 1.165) is 5.56 Å². The zero-order chi connectivity index (χ0) is 15.9. The fourth-order valence-corrected chi connectivity index (χ4v) is 1.81. The Bertz CT molecular complexity index is 736. The van der Waals surface area contributed by atoms with E-state index in [9.17, 15) is 4.79 Å². The fourth-order valence-electron chi connectivity index (χ4n) is 1.81. The minimum atomic E-state index is -0.304. The average Bonchev–Trinajstić information content (AvgIpc) is 2.51. The third-order valence-corrected chi connectivity index (χ3v) is 2.91. The van der Waals surface area contributed by atoms with Crippen molar-refractivity contribution in [3.63, 3.8) is 0 Å². The van der Waals surface area contributed by atoms with Gasteiger partial charge in [0.05, 0.1) is 7.11 Å². The number of ether oxygens (including phenoxy) is 2. The van der Waals surface area contributed by atoms with Crippen LogP contribution in [0, 0.1) is 12.3 Å². The lowest BCUT2D eigenvalue weighted by molar-refractivity contribution is 0.152. The molecule has 7 nitrogen and oxygen atoms in total. The van der Waals surface area contributed by atoms with Gasteiger partial charge in [0, 0.05) is 11.1 Å². The quantitative estimate of drug-likeness (QED) is 0.463. The molecule has 1 heterocycles. The topological polar surface area (TPSA) is 80.1 Å². The average molecular weight is 302 g/mol. The smallest absolute Gasteiger partial charge is 0.309 e. The first-order chi connectivity index (χ1) is 10.6. The van der Waals surface area contributed by atoms with E-state index in [1.807, 2.05) is 25.1 Å². The highest BCUT2D eigenvalue weighted by Gasteiger charge is 2.17. The summed E-state index contributed by atoms with van der Waals surface area (Å²) in [6.45, 7) is 2.05. The molecule has 0 saturated carbocycles. The first kappa shape index (κ1) is 15.4. The fraction of sp³-hybridized carbons (Fsp3) is 0.267. The third kappa shape index (κ3) is 3.99. The maximum absolute atomic E-state index is 11.6. The second-order valence-electron chi connectivity index (χ2n) is 4.62. The molecular formula is C15H16N3O4+. The molecule has 2 aromatic rings. The van der Waals surface area contributed by atoms with E-state index in [4.69, 9.17) is 19.3 Å². The maximum Gasteiger partial charge on any atom is 0.309 e. The first-order valence-corrected chi connectivity index (χ1v) is 6.57. The van der Waals surface area contributed by atoms with E-state index in [-0.39, 0.29) is 24.5 Å². The molecule has 1 aromatic heterocycles. The molecule has 0 atom stereocenters. The number of aryl methyl sites for hydroxylation is 1. The molecule has 0 aliphatic carbocycles. The Morgan fingerprint density at radius 1 is 1.36 bits per heavy atom. The van der Waals surface area contributed by atoms with E-state index < -0.39 is 0 Å². The van der Waals surface area contributed by atoms with Gasteiger partial charge in [-0.25, -0.2) is 0 Å². The van der Waals surface area contributed by atoms with Crippen LogP contribution >= 0.6 is 0 Å². The van der Waals surface area contributed by atoms with Gasteiger partial charge in [-0.15, -0.1) is 0 Å². The predicted molar refractivity (Wildman–Crippen MR) is 78.8 cm³/mol. The van der Waals surface area contributed by atoms with Crippen LogP contribution in [-0.4, -0.2) is 18.8 Å². The SMILES string of the molecule is COc1coc(CN(COc2cccc(C)c2)[N+]#N)cc1=O. The van der Waals surface area contributed by atoms with Crippen LogP contribution in [0.15, 0.2) is 45.8 Å². The molecule has 22 heavy (non-hydrogen) atoms. The second kappa shape index (κ2) is 7.13. The minimum absolute atomic E-state index is 0.00962. The van der Waals surface area contributed by atoms with Gasteiger partial charge in [0.2, 0.25) is 17.9 Å². The van der Waals surface area contributed by atoms with Gasteiger partial charge in [-0.2, -0.15) is 0 Å². The van der Waals surface area contributed by atoms with Gasteiger partial charge in [0.25, 0.3) is 5.39 Å². The van der Waals surface area contributed by atoms with Crippen LogP contribution in [0.3, 0.4) is 0 Å². The summed E-state index contributed by atoms with van der Waals surface area (Å²) in [5.74, 6) is 1.11. The highest BCUT2D eigenvalue weighted by molar-refractivity contribution is 5.27. The largest absolute Gasteiger partial charge is 0.490 e. The van der Waals surface area contributed by atoms with Gasteiger partial charge in [-0.3, -0.25) is 4.79 Å². The lowest BCUT2D eigenvalue weighted by Gasteiger charge is -2.08. The number of hydrogen-bond acceptors (Lipinski definition) is 6. The van der Waals surface area contributed by atoms with Crippen LogP contribution in [0.4, 0.5) is 0 Å². The highest BCUT2D eigenvalue weighted by atomic mass is 16.5. The lowest BCUT2D eigenvalue weighted by atomic mass is 10.2. The zero-order valence-electron chi connectivity index (χ0n) is 12.4. The van der Waals surface area contributed by atoms with Crippen molar-refractivity contribution in [1.29, 1.82) is 5.39 Å². The van der Waals surface area contributed by atoms with Crippen molar-refractivity contribution in [3.05, 3.63) is 63.2 Å². The van der Waals surface area contributed by atoms with Crippen LogP contribution in [-0.2, 0) is 6.54 Å². The Hall–Kier alpha value is -3.01. The number of methoxy groups -OCH3 is 1. The lowest BCUT2D eigenvalue weighted by Crippen LogP contribution is -2.21. The zero-order valence-corrected chi connectivity index (χ0v) is 12.4. The number of benzene rings is 1. The molecule has 2 rings (SSSR count). The van der Waals surface area contributed by atoms with Crippen molar-refractivity contribution in [2.75, 3.05) is 13.8 Å². The van der Waals surface area contributed by atoms with E-state index in [2.05, 4.69) is 5.08 Å². The summed E-state index contributed by atoms with van der Waals surface area (Å²) in [5, 5.41) is 13.3. The van der Waals surface area contributed by atoms with E-state index in [0.29, 0.717) is 11.5 Å². The van der Waals surface area contributed by atoms with Crippen LogP contribution in [0.25, 0.3) is 5.08 Å². The number of nitrogens with zero attached hydrogens (tertiary/aromatic N) is 3. The summed E-state index contributed by atoms with van der Waals surface area (Å²) in [4.78, 5) is 11.6. The standard InChI is InChI=1S/C15H16N3O4/c1-11-4-3-5-12(6-11)22-10-18(17-16)8-13-7-14(19)15(20-2)9-21-13/h3-7,9H,8,10H2,1-2H3/q+1. The normalized spacial score (nSPS) is 9.86. The Balaban J connectivity index is 1.99. The Labute approximate surface area is 127 Å². The maximum atomic E-state index is 11.6. The van der Waals surface area contributed by atoms with Crippen molar-refractivity contribution in [3.8, 4) is 11.5 Å². The summed E-state index contributed by atoms with van der Waals surface area (Å²) in [6, 6.07) is 8.77. The first-order valence-electron chi connectivity index (χ1n) is 6.57. The predicted octanol–water partition coefficient (Wildman–Crippen LogP) is 2.56. The van der Waals surface area contributed by atoms with Crippen molar-refractivity contribution in [2.24, 2.45) is 0 Å². The van der Waals surface area contributed by atoms with Crippen LogP contribution in [0.5, 0.6) is 11.5 Å². The number of hydrogen-bond donors (Lipinski definition) is 0. The van der Waals surface area contributed by atoms with Crippen molar-refractivity contribution < 1.29 is 13.9 Å². The van der Waals surface area contributed by atoms with E-state index in [1.54, 1.807) is 6.07 Å². The third-order valence-electron chi connectivity index (χ3n) is 2.91. The van der Waals surface area contributed by atoms with Gasteiger partial charge in [-0.1, -0.05) is 12.1 Å². The molecule has 0 aliphatic rings. The monoisotopic (exact) mass is 302 g/mol. The highest BCUT2D eigenvalue weighted by Crippen LogP contribution is 2.14. The molecular weight excluding hydrogens is 286 g/mol. The van der Waals surface area contributed by atoms with Crippen LogP contribution in [0.2, 0.25) is 0 Å². The number of diazo groups is 1. The molecule has 0 spiro atoms. The molecule has 0 saturated heterocycles. The van der Waals surface area contributed by atoms with E-state index >= 15 is 0 Å². The van der Waals surface area contributed by atoms with Crippen LogP contribution in [0.1, 0.15) is 11.3 Å². The minimum Gasteiger partial charge on any atom is -0.490 e. The van der Waals surface area contributed by atoms with E-state index in [1.165, 1.54) is 24.4 Å². The van der Waals surface area contributed by atoms with Crippen molar-refractivity contribution in [1.82, 2.24) is 5.01 Å². The van der Waals surface area contributed by atoms with Gasteiger partial charge < -0.3 is 13.9 Å².